The van der Waals surface area contributed by atoms with Gasteiger partial charge in [0.25, 0.3) is 0 Å². The van der Waals surface area contributed by atoms with Crippen LogP contribution in [0.4, 0.5) is 0 Å². The fourth-order valence-corrected chi connectivity index (χ4v) is 3.89. The van der Waals surface area contributed by atoms with Crippen LogP contribution in [0.1, 0.15) is 45.4 Å². The molecule has 4 rings (SSSR count). The quantitative estimate of drug-likeness (QED) is 0.814. The minimum atomic E-state index is 0.244. The van der Waals surface area contributed by atoms with Gasteiger partial charge in [-0.05, 0) is 51.5 Å². The SMILES string of the molecule is CC1C(C2CCC=N2)=NC(C2CCC=N2)=C[NH+]1C1CCC=N1. The Balaban J connectivity index is 1.67. The molecule has 0 aromatic carbocycles. The topological polar surface area (TPSA) is 53.9 Å². The summed E-state index contributed by atoms with van der Waals surface area (Å²) < 4.78 is 0. The lowest BCUT2D eigenvalue weighted by Gasteiger charge is -2.33. The van der Waals surface area contributed by atoms with Crippen molar-refractivity contribution in [3.63, 3.8) is 0 Å². The van der Waals surface area contributed by atoms with Crippen LogP contribution in [0.3, 0.4) is 0 Å². The molecular formula is C17H24N5+. The van der Waals surface area contributed by atoms with Gasteiger partial charge in [0, 0.05) is 12.6 Å². The van der Waals surface area contributed by atoms with Gasteiger partial charge in [-0.15, -0.1) is 0 Å². The molecule has 22 heavy (non-hydrogen) atoms. The highest BCUT2D eigenvalue weighted by Crippen LogP contribution is 2.23. The van der Waals surface area contributed by atoms with Gasteiger partial charge in [-0.2, -0.15) is 0 Å². The molecule has 0 aromatic rings. The van der Waals surface area contributed by atoms with Crippen LogP contribution in [-0.4, -0.2) is 48.6 Å². The zero-order valence-corrected chi connectivity index (χ0v) is 13.2. The molecule has 4 heterocycles. The van der Waals surface area contributed by atoms with Crippen LogP contribution < -0.4 is 4.90 Å². The third kappa shape index (κ3) is 2.47. The maximum absolute atomic E-state index is 5.03. The van der Waals surface area contributed by atoms with E-state index < -0.39 is 0 Å². The molecule has 5 heteroatoms. The molecule has 0 aliphatic carbocycles. The summed E-state index contributed by atoms with van der Waals surface area (Å²) in [6.07, 6.45) is 15.4. The summed E-state index contributed by atoms with van der Waals surface area (Å²) in [5, 5.41) is 0. The highest BCUT2D eigenvalue weighted by Gasteiger charge is 2.38. The Bertz CT molecular complexity index is 586. The number of nitrogens with one attached hydrogen (secondary N) is 1. The normalized spacial score (nSPS) is 40.3. The Morgan fingerprint density at radius 1 is 0.909 bits per heavy atom. The fourth-order valence-electron chi connectivity index (χ4n) is 3.89. The van der Waals surface area contributed by atoms with Crippen LogP contribution in [0.15, 0.2) is 31.9 Å². The first-order chi connectivity index (χ1) is 10.8. The second-order valence-electron chi connectivity index (χ2n) is 6.60. The molecule has 0 saturated carbocycles. The van der Waals surface area contributed by atoms with Crippen LogP contribution in [0, 0.1) is 0 Å². The van der Waals surface area contributed by atoms with E-state index in [4.69, 9.17) is 9.98 Å². The van der Waals surface area contributed by atoms with Gasteiger partial charge in [0.2, 0.25) is 0 Å². The maximum atomic E-state index is 5.03. The van der Waals surface area contributed by atoms with Crippen molar-refractivity contribution < 1.29 is 4.90 Å². The lowest BCUT2D eigenvalue weighted by molar-refractivity contribution is -0.887. The minimum Gasteiger partial charge on any atom is -0.288 e. The highest BCUT2D eigenvalue weighted by molar-refractivity contribution is 5.96. The number of rotatable bonds is 3. The van der Waals surface area contributed by atoms with Crippen molar-refractivity contribution >= 4 is 24.4 Å². The van der Waals surface area contributed by atoms with Crippen LogP contribution in [0.5, 0.6) is 0 Å². The summed E-state index contributed by atoms with van der Waals surface area (Å²) in [5.41, 5.74) is 2.38. The minimum absolute atomic E-state index is 0.244. The predicted octanol–water partition coefficient (Wildman–Crippen LogP) is 1.21. The van der Waals surface area contributed by atoms with Crippen molar-refractivity contribution in [2.45, 2.75) is 69.7 Å². The van der Waals surface area contributed by atoms with Crippen molar-refractivity contribution in [2.75, 3.05) is 0 Å². The number of aliphatic imine (C=N–C) groups is 4. The van der Waals surface area contributed by atoms with Gasteiger partial charge in [-0.25, -0.2) is 9.98 Å². The van der Waals surface area contributed by atoms with Gasteiger partial charge in [0.15, 0.2) is 6.17 Å². The Morgan fingerprint density at radius 2 is 1.59 bits per heavy atom. The van der Waals surface area contributed by atoms with Crippen molar-refractivity contribution in [1.82, 2.24) is 0 Å². The van der Waals surface area contributed by atoms with E-state index in [1.807, 2.05) is 6.21 Å². The molecule has 0 radical (unpaired) electrons. The summed E-state index contributed by atoms with van der Waals surface area (Å²) in [6.45, 7) is 2.28. The van der Waals surface area contributed by atoms with E-state index in [0.717, 1.165) is 44.2 Å². The first-order valence-electron chi connectivity index (χ1n) is 8.54. The third-order valence-electron chi connectivity index (χ3n) is 5.15. The maximum Gasteiger partial charge on any atom is 0.185 e. The monoisotopic (exact) mass is 298 g/mol. The van der Waals surface area contributed by atoms with Crippen LogP contribution >= 0.6 is 0 Å². The third-order valence-corrected chi connectivity index (χ3v) is 5.15. The summed E-state index contributed by atoms with van der Waals surface area (Å²) in [5.74, 6) is 0. The van der Waals surface area contributed by atoms with Crippen molar-refractivity contribution in [3.05, 3.63) is 11.9 Å². The van der Waals surface area contributed by atoms with Crippen LogP contribution in [0.25, 0.3) is 0 Å². The summed E-state index contributed by atoms with van der Waals surface area (Å²) in [4.78, 5) is 20.4. The molecule has 0 amide bonds. The van der Waals surface area contributed by atoms with Gasteiger partial charge in [-0.1, -0.05) is 0 Å². The molecule has 5 nitrogen and oxygen atoms in total. The molecule has 5 atom stereocenters. The molecule has 0 bridgehead atoms. The van der Waals surface area contributed by atoms with Gasteiger partial charge < -0.3 is 0 Å². The summed E-state index contributed by atoms with van der Waals surface area (Å²) >= 11 is 0. The molecule has 5 unspecified atom stereocenters. The lowest BCUT2D eigenvalue weighted by atomic mass is 9.98. The Hall–Kier alpha value is -1.62. The van der Waals surface area contributed by atoms with E-state index in [9.17, 15) is 0 Å². The van der Waals surface area contributed by atoms with E-state index in [1.165, 1.54) is 10.6 Å². The summed E-state index contributed by atoms with van der Waals surface area (Å²) in [6, 6.07) is 0.868. The number of quaternary nitrogens is 1. The first kappa shape index (κ1) is 14.0. The predicted molar refractivity (Wildman–Crippen MR) is 90.5 cm³/mol. The van der Waals surface area contributed by atoms with E-state index in [0.29, 0.717) is 12.2 Å². The van der Waals surface area contributed by atoms with Crippen molar-refractivity contribution in [1.29, 1.82) is 0 Å². The van der Waals surface area contributed by atoms with Gasteiger partial charge in [0.1, 0.15) is 23.7 Å². The summed E-state index contributed by atoms with van der Waals surface area (Å²) in [7, 11) is 0. The molecule has 4 aliphatic heterocycles. The van der Waals surface area contributed by atoms with E-state index >= 15 is 0 Å². The smallest absolute Gasteiger partial charge is 0.185 e. The first-order valence-corrected chi connectivity index (χ1v) is 8.54. The fraction of sp³-hybridized carbons (Fsp3) is 0.647. The Morgan fingerprint density at radius 3 is 2.23 bits per heavy atom. The zero-order chi connectivity index (χ0) is 14.9. The van der Waals surface area contributed by atoms with Crippen LogP contribution in [0.2, 0.25) is 0 Å². The molecule has 0 spiro atoms. The Labute approximate surface area is 131 Å². The molecule has 4 aliphatic rings. The Kier molecular flexibility index (Phi) is 3.74. The van der Waals surface area contributed by atoms with Gasteiger partial charge >= 0.3 is 0 Å². The number of hydrogen-bond acceptors (Lipinski definition) is 4. The molecular weight excluding hydrogens is 274 g/mol. The average Bonchev–Trinajstić information content (AvgIpc) is 3.29. The second kappa shape index (κ2) is 5.88. The standard InChI is InChI=1S/C17H23N5/c1-12-17(14-6-3-9-19-14)21-15(13-5-2-8-18-13)11-22(12)16-7-4-10-20-16/h8-14,16H,2-7H2,1H3/p+1. The number of nitrogens with zero attached hydrogens (tertiary/aromatic N) is 4. The van der Waals surface area contributed by atoms with E-state index in [2.05, 4.69) is 35.5 Å². The van der Waals surface area contributed by atoms with Gasteiger partial charge in [0.05, 0.1) is 12.1 Å². The highest BCUT2D eigenvalue weighted by atomic mass is 15.3. The average molecular weight is 298 g/mol. The second-order valence-corrected chi connectivity index (χ2v) is 6.60. The number of hydrogen-bond donors (Lipinski definition) is 1. The van der Waals surface area contributed by atoms with Crippen LogP contribution in [-0.2, 0) is 0 Å². The molecule has 0 saturated heterocycles. The van der Waals surface area contributed by atoms with Gasteiger partial charge in [-0.3, -0.25) is 14.9 Å². The van der Waals surface area contributed by atoms with E-state index in [-0.39, 0.29) is 12.1 Å². The van der Waals surface area contributed by atoms with E-state index in [1.54, 1.807) is 0 Å². The molecule has 116 valence electrons. The zero-order valence-electron chi connectivity index (χ0n) is 13.2. The van der Waals surface area contributed by atoms with Crippen molar-refractivity contribution in [3.8, 4) is 0 Å². The molecule has 1 N–H and O–H groups in total. The largest absolute Gasteiger partial charge is 0.288 e. The lowest BCUT2D eigenvalue weighted by Crippen LogP contribution is -3.16. The molecule has 0 aromatic heterocycles. The molecule has 0 fully saturated rings. The van der Waals surface area contributed by atoms with Crippen molar-refractivity contribution in [2.24, 2.45) is 20.0 Å².